The van der Waals surface area contributed by atoms with E-state index in [4.69, 9.17) is 0 Å². The third kappa shape index (κ3) is 2.41. The highest BCUT2D eigenvalue weighted by Crippen LogP contribution is 2.07. The lowest BCUT2D eigenvalue weighted by Crippen LogP contribution is -1.83. The number of hydrogen-bond donors (Lipinski definition) is 1. The first-order valence-corrected chi connectivity index (χ1v) is 3.71. The summed E-state index contributed by atoms with van der Waals surface area (Å²) in [5.74, 6) is 0. The molecule has 2 heteroatoms. The van der Waals surface area contributed by atoms with Crippen LogP contribution in [0.4, 0.5) is 0 Å². The molecule has 1 aromatic carbocycles. The molecule has 0 heterocycles. The van der Waals surface area contributed by atoms with Gasteiger partial charge in [0.25, 0.3) is 0 Å². The Balaban J connectivity index is 2.82. The van der Waals surface area contributed by atoms with Crippen LogP contribution < -0.4 is 0 Å². The first kappa shape index (κ1) is 8.37. The minimum Gasteiger partial charge on any atom is -0.314 e. The SMILES string of the molecule is C=Cc1cccc(COS)c1. The van der Waals surface area contributed by atoms with E-state index in [2.05, 4.69) is 23.7 Å². The van der Waals surface area contributed by atoms with Crippen LogP contribution in [0.2, 0.25) is 0 Å². The highest BCUT2D eigenvalue weighted by molar-refractivity contribution is 7.75. The van der Waals surface area contributed by atoms with Gasteiger partial charge >= 0.3 is 0 Å². The Kier molecular flexibility index (Phi) is 3.20. The molecule has 0 aliphatic rings. The van der Waals surface area contributed by atoms with E-state index in [1.807, 2.05) is 30.3 Å². The van der Waals surface area contributed by atoms with Gasteiger partial charge in [-0.05, 0) is 30.1 Å². The lowest BCUT2D eigenvalue weighted by Gasteiger charge is -1.98. The van der Waals surface area contributed by atoms with Gasteiger partial charge in [0, 0.05) is 0 Å². The number of benzene rings is 1. The second-order valence-corrected chi connectivity index (χ2v) is 2.48. The first-order valence-electron chi connectivity index (χ1n) is 3.34. The van der Waals surface area contributed by atoms with Crippen molar-refractivity contribution < 1.29 is 4.18 Å². The van der Waals surface area contributed by atoms with Crippen LogP contribution in [0.15, 0.2) is 30.8 Å². The highest BCUT2D eigenvalue weighted by Gasteiger charge is 1.91. The fourth-order valence-electron chi connectivity index (χ4n) is 0.884. The third-order valence-corrected chi connectivity index (χ3v) is 1.55. The van der Waals surface area contributed by atoms with E-state index in [-0.39, 0.29) is 0 Å². The van der Waals surface area contributed by atoms with Crippen molar-refractivity contribution in [3.05, 3.63) is 42.0 Å². The highest BCUT2D eigenvalue weighted by atomic mass is 32.1. The topological polar surface area (TPSA) is 9.23 Å². The summed E-state index contributed by atoms with van der Waals surface area (Å²) in [6, 6.07) is 7.97. The second kappa shape index (κ2) is 4.21. The Morgan fingerprint density at radius 3 is 3.00 bits per heavy atom. The minimum absolute atomic E-state index is 0.533. The first-order chi connectivity index (χ1) is 5.36. The van der Waals surface area contributed by atoms with Gasteiger partial charge in [-0.1, -0.05) is 30.9 Å². The molecule has 0 N–H and O–H groups in total. The Hall–Kier alpha value is -0.730. The van der Waals surface area contributed by atoms with Crippen molar-refractivity contribution >= 4 is 19.0 Å². The largest absolute Gasteiger partial charge is 0.314 e. The fourth-order valence-corrected chi connectivity index (χ4v) is 1.03. The van der Waals surface area contributed by atoms with Crippen LogP contribution in [-0.4, -0.2) is 0 Å². The standard InChI is InChI=1S/C9H10OS/c1-2-8-4-3-5-9(6-8)7-10-11/h2-6,11H,1,7H2. The van der Waals surface area contributed by atoms with Crippen molar-refractivity contribution in [1.29, 1.82) is 0 Å². The van der Waals surface area contributed by atoms with E-state index in [0.717, 1.165) is 11.1 Å². The maximum absolute atomic E-state index is 4.69. The van der Waals surface area contributed by atoms with Crippen LogP contribution in [0, 0.1) is 0 Å². The summed E-state index contributed by atoms with van der Waals surface area (Å²) in [7, 11) is 0. The van der Waals surface area contributed by atoms with Crippen LogP contribution >= 0.6 is 12.9 Å². The minimum atomic E-state index is 0.533. The molecule has 0 unspecified atom stereocenters. The van der Waals surface area contributed by atoms with Gasteiger partial charge < -0.3 is 4.18 Å². The molecule has 0 amide bonds. The molecule has 58 valence electrons. The molecule has 1 rings (SSSR count). The van der Waals surface area contributed by atoms with Gasteiger partial charge in [0.2, 0.25) is 0 Å². The van der Waals surface area contributed by atoms with Gasteiger partial charge in [0.05, 0.1) is 6.61 Å². The molecule has 11 heavy (non-hydrogen) atoms. The maximum Gasteiger partial charge on any atom is 0.0861 e. The normalized spacial score (nSPS) is 9.55. The molecule has 0 radical (unpaired) electrons. The summed E-state index contributed by atoms with van der Waals surface area (Å²) < 4.78 is 4.69. The molecule has 0 saturated heterocycles. The van der Waals surface area contributed by atoms with E-state index in [1.165, 1.54) is 0 Å². The Morgan fingerprint density at radius 1 is 1.55 bits per heavy atom. The van der Waals surface area contributed by atoms with Gasteiger partial charge in [-0.15, -0.1) is 0 Å². The van der Waals surface area contributed by atoms with Gasteiger partial charge in [-0.25, -0.2) is 0 Å². The number of thiol groups is 1. The van der Waals surface area contributed by atoms with Gasteiger partial charge in [-0.3, -0.25) is 0 Å². The summed E-state index contributed by atoms with van der Waals surface area (Å²) in [6.07, 6.45) is 1.81. The molecule has 0 fully saturated rings. The van der Waals surface area contributed by atoms with Gasteiger partial charge in [-0.2, -0.15) is 0 Å². The molecule has 0 atom stereocenters. The number of hydrogen-bond acceptors (Lipinski definition) is 2. The van der Waals surface area contributed by atoms with E-state index >= 15 is 0 Å². The van der Waals surface area contributed by atoms with Crippen molar-refractivity contribution in [2.75, 3.05) is 0 Å². The van der Waals surface area contributed by atoms with Crippen LogP contribution in [0.3, 0.4) is 0 Å². The van der Waals surface area contributed by atoms with Crippen LogP contribution in [0.1, 0.15) is 11.1 Å². The van der Waals surface area contributed by atoms with E-state index < -0.39 is 0 Å². The van der Waals surface area contributed by atoms with E-state index in [1.54, 1.807) is 0 Å². The molecular formula is C9H10OS. The summed E-state index contributed by atoms with van der Waals surface area (Å²) >= 11 is 3.67. The maximum atomic E-state index is 4.69. The van der Waals surface area contributed by atoms with Crippen LogP contribution in [0.5, 0.6) is 0 Å². The molecule has 0 bridgehead atoms. The predicted octanol–water partition coefficient (Wildman–Crippen LogP) is 2.69. The van der Waals surface area contributed by atoms with E-state index in [9.17, 15) is 0 Å². The summed E-state index contributed by atoms with van der Waals surface area (Å²) in [4.78, 5) is 0. The lowest BCUT2D eigenvalue weighted by atomic mass is 10.1. The van der Waals surface area contributed by atoms with E-state index in [0.29, 0.717) is 6.61 Å². The fraction of sp³-hybridized carbons (Fsp3) is 0.111. The average Bonchev–Trinajstić information content (AvgIpc) is 2.06. The van der Waals surface area contributed by atoms with Gasteiger partial charge in [0.1, 0.15) is 0 Å². The Labute approximate surface area is 72.3 Å². The van der Waals surface area contributed by atoms with Crippen LogP contribution in [0.25, 0.3) is 6.08 Å². The summed E-state index contributed by atoms with van der Waals surface area (Å²) in [6.45, 7) is 4.20. The number of rotatable bonds is 3. The second-order valence-electron chi connectivity index (χ2n) is 2.22. The summed E-state index contributed by atoms with van der Waals surface area (Å²) in [5, 5.41) is 0. The zero-order valence-electron chi connectivity index (χ0n) is 6.16. The Bertz CT molecular complexity index is 245. The van der Waals surface area contributed by atoms with Crippen molar-refractivity contribution in [3.8, 4) is 0 Å². The molecule has 0 aliphatic heterocycles. The van der Waals surface area contributed by atoms with Crippen molar-refractivity contribution in [1.82, 2.24) is 0 Å². The van der Waals surface area contributed by atoms with Gasteiger partial charge in [0.15, 0.2) is 0 Å². The van der Waals surface area contributed by atoms with Crippen molar-refractivity contribution in [2.45, 2.75) is 6.61 Å². The van der Waals surface area contributed by atoms with Crippen LogP contribution in [-0.2, 0) is 10.8 Å². The molecular weight excluding hydrogens is 156 g/mol. The molecule has 0 aliphatic carbocycles. The summed E-state index contributed by atoms with van der Waals surface area (Å²) in [5.41, 5.74) is 2.21. The predicted molar refractivity (Wildman–Crippen MR) is 50.3 cm³/mol. The zero-order valence-corrected chi connectivity index (χ0v) is 7.05. The zero-order chi connectivity index (χ0) is 8.10. The molecule has 1 aromatic rings. The average molecular weight is 166 g/mol. The molecule has 0 spiro atoms. The Morgan fingerprint density at radius 2 is 2.36 bits per heavy atom. The molecule has 0 saturated carbocycles. The quantitative estimate of drug-likeness (QED) is 0.536. The van der Waals surface area contributed by atoms with Crippen molar-refractivity contribution in [2.24, 2.45) is 0 Å². The molecule has 1 nitrogen and oxygen atoms in total. The molecule has 0 aromatic heterocycles. The smallest absolute Gasteiger partial charge is 0.0861 e. The van der Waals surface area contributed by atoms with Crippen molar-refractivity contribution in [3.63, 3.8) is 0 Å². The third-order valence-electron chi connectivity index (χ3n) is 1.42. The lowest BCUT2D eigenvalue weighted by molar-refractivity contribution is 0.372. The monoisotopic (exact) mass is 166 g/mol.